The monoisotopic (exact) mass is 731 g/mol. The van der Waals surface area contributed by atoms with Crippen LogP contribution >= 0.6 is 0 Å². The molecule has 4 aromatic heterocycles. The Morgan fingerprint density at radius 3 is 2.43 bits per heavy atom. The van der Waals surface area contributed by atoms with Gasteiger partial charge in [-0.2, -0.15) is 18.3 Å². The van der Waals surface area contributed by atoms with E-state index in [2.05, 4.69) is 65.9 Å². The fraction of sp³-hybridized carbons (Fsp3) is 0.200. The molecule has 0 aliphatic carbocycles. The fourth-order valence-electron chi connectivity index (χ4n) is 6.42. The molecule has 0 aliphatic heterocycles. The number of amides is 2. The van der Waals surface area contributed by atoms with Crippen molar-refractivity contribution in [1.29, 1.82) is 0 Å². The van der Waals surface area contributed by atoms with Gasteiger partial charge in [0.1, 0.15) is 11.4 Å². The van der Waals surface area contributed by atoms with E-state index in [-0.39, 0.29) is 29.1 Å². The lowest BCUT2D eigenvalue weighted by atomic mass is 10.1. The molecule has 3 aromatic carbocycles. The summed E-state index contributed by atoms with van der Waals surface area (Å²) in [6, 6.07) is 28.9. The second kappa shape index (κ2) is 15.2. The number of alkyl halides is 3. The summed E-state index contributed by atoms with van der Waals surface area (Å²) < 4.78 is 47.5. The molecule has 0 bridgehead atoms. The van der Waals surface area contributed by atoms with E-state index in [1.807, 2.05) is 36.5 Å². The molecule has 0 saturated carbocycles. The summed E-state index contributed by atoms with van der Waals surface area (Å²) >= 11 is 0. The molecule has 0 unspecified atom stereocenters. The van der Waals surface area contributed by atoms with Crippen LogP contribution in [-0.2, 0) is 25.8 Å². The SMILES string of the molecule is Cc1cc(C)n(-c2ccc(CNC(=O)c3ccnc(C(=O)NCCCn4cc(Cn5c(-c6ccccc6)cc6ccccc65)nn4)c3)c(C(F)(F)F)c2)n1. The van der Waals surface area contributed by atoms with Gasteiger partial charge < -0.3 is 15.2 Å². The highest BCUT2D eigenvalue weighted by molar-refractivity contribution is 5.98. The quantitative estimate of drug-likeness (QED) is 0.132. The molecule has 2 amide bonds. The zero-order valence-corrected chi connectivity index (χ0v) is 29.5. The summed E-state index contributed by atoms with van der Waals surface area (Å²) in [7, 11) is 0. The maximum atomic E-state index is 14.0. The molecule has 274 valence electrons. The number of carbonyl (C=O) groups is 2. The van der Waals surface area contributed by atoms with Crippen LogP contribution in [0.4, 0.5) is 13.2 Å². The standard InChI is InChI=1S/C40H36F3N9O2/c1-26-19-27(2)52(48-26)33-14-13-31(34(22-33)40(41,42)43)23-46-38(53)30-15-17-44-35(20-30)39(54)45-16-8-18-50-24-32(47-49-50)25-51-36-12-7-6-11-29(36)21-37(51)28-9-4-3-5-10-28/h3-7,9-15,17,19-22,24H,8,16,18,23,25H2,1-2H3,(H,45,54)(H,46,53). The molecule has 0 spiro atoms. The molecule has 54 heavy (non-hydrogen) atoms. The van der Waals surface area contributed by atoms with Gasteiger partial charge in [-0.05, 0) is 73.9 Å². The van der Waals surface area contributed by atoms with Gasteiger partial charge in [-0.1, -0.05) is 59.8 Å². The minimum absolute atomic E-state index is 0.00378. The van der Waals surface area contributed by atoms with Crippen molar-refractivity contribution in [2.75, 3.05) is 6.54 Å². The van der Waals surface area contributed by atoms with Gasteiger partial charge in [0.15, 0.2) is 0 Å². The van der Waals surface area contributed by atoms with Crippen molar-refractivity contribution in [3.63, 3.8) is 0 Å². The molecule has 0 aliphatic rings. The maximum absolute atomic E-state index is 14.0. The molecule has 0 saturated heterocycles. The molecule has 7 aromatic rings. The van der Waals surface area contributed by atoms with Gasteiger partial charge in [0.25, 0.3) is 11.8 Å². The van der Waals surface area contributed by atoms with E-state index in [0.717, 1.165) is 33.9 Å². The van der Waals surface area contributed by atoms with Crippen molar-refractivity contribution >= 4 is 22.7 Å². The molecular formula is C40H36F3N9O2. The number of fused-ring (bicyclic) bond motifs is 1. The summed E-state index contributed by atoms with van der Waals surface area (Å²) in [5, 5.41) is 19.4. The van der Waals surface area contributed by atoms with Gasteiger partial charge in [0, 0.05) is 53.7 Å². The third-order valence-electron chi connectivity index (χ3n) is 8.98. The van der Waals surface area contributed by atoms with E-state index < -0.39 is 23.6 Å². The predicted molar refractivity (Wildman–Crippen MR) is 197 cm³/mol. The van der Waals surface area contributed by atoms with Crippen LogP contribution in [0, 0.1) is 13.8 Å². The van der Waals surface area contributed by atoms with Crippen LogP contribution < -0.4 is 10.6 Å². The molecule has 2 N–H and O–H groups in total. The number of nitrogens with one attached hydrogen (secondary N) is 2. The molecule has 7 rings (SSSR count). The number of halogens is 3. The average molecular weight is 732 g/mol. The van der Waals surface area contributed by atoms with Crippen LogP contribution in [0.25, 0.3) is 27.8 Å². The summed E-state index contributed by atoms with van der Waals surface area (Å²) in [6.45, 7) is 4.48. The van der Waals surface area contributed by atoms with Crippen LogP contribution in [-0.4, -0.2) is 52.7 Å². The van der Waals surface area contributed by atoms with Crippen LogP contribution in [0.1, 0.15) is 55.5 Å². The maximum Gasteiger partial charge on any atom is 0.416 e. The zero-order chi connectivity index (χ0) is 37.8. The first kappa shape index (κ1) is 35.8. The molecular weight excluding hydrogens is 695 g/mol. The average Bonchev–Trinajstić information content (AvgIpc) is 3.88. The molecule has 4 heterocycles. The van der Waals surface area contributed by atoms with Gasteiger partial charge in [0.2, 0.25) is 0 Å². The number of benzene rings is 3. The van der Waals surface area contributed by atoms with Crippen molar-refractivity contribution in [1.82, 2.24) is 45.0 Å². The lowest BCUT2D eigenvalue weighted by molar-refractivity contribution is -0.138. The Bertz CT molecular complexity index is 2450. The Morgan fingerprint density at radius 1 is 0.852 bits per heavy atom. The Balaban J connectivity index is 0.930. The normalized spacial score (nSPS) is 11.6. The van der Waals surface area contributed by atoms with Crippen LogP contribution in [0.15, 0.2) is 109 Å². The summed E-state index contributed by atoms with van der Waals surface area (Å²) in [5.74, 6) is -1.14. The lowest BCUT2D eigenvalue weighted by Crippen LogP contribution is -2.28. The second-order valence-electron chi connectivity index (χ2n) is 12.9. The van der Waals surface area contributed by atoms with Crippen molar-refractivity contribution in [2.45, 2.75) is 46.1 Å². The van der Waals surface area contributed by atoms with Crippen LogP contribution in [0.5, 0.6) is 0 Å². The Morgan fingerprint density at radius 2 is 1.65 bits per heavy atom. The smallest absolute Gasteiger partial charge is 0.351 e. The molecule has 14 heteroatoms. The van der Waals surface area contributed by atoms with Gasteiger partial charge >= 0.3 is 6.18 Å². The number of pyridine rings is 1. The van der Waals surface area contributed by atoms with E-state index in [4.69, 9.17) is 0 Å². The summed E-state index contributed by atoms with van der Waals surface area (Å²) in [5.41, 5.74) is 4.82. The lowest BCUT2D eigenvalue weighted by Gasteiger charge is -2.16. The van der Waals surface area contributed by atoms with Crippen molar-refractivity contribution < 1.29 is 22.8 Å². The highest BCUT2D eigenvalue weighted by Gasteiger charge is 2.34. The predicted octanol–water partition coefficient (Wildman–Crippen LogP) is 6.91. The van der Waals surface area contributed by atoms with E-state index >= 15 is 0 Å². The Hall–Kier alpha value is -6.57. The highest BCUT2D eigenvalue weighted by Crippen LogP contribution is 2.34. The number of hydrogen-bond acceptors (Lipinski definition) is 6. The zero-order valence-electron chi connectivity index (χ0n) is 29.5. The number of para-hydroxylation sites is 1. The first-order valence-corrected chi connectivity index (χ1v) is 17.3. The molecule has 11 nitrogen and oxygen atoms in total. The Kier molecular flexibility index (Phi) is 10.1. The first-order valence-electron chi connectivity index (χ1n) is 17.3. The van der Waals surface area contributed by atoms with E-state index in [9.17, 15) is 22.8 Å². The number of rotatable bonds is 12. The molecule has 0 radical (unpaired) electrons. The van der Waals surface area contributed by atoms with Gasteiger partial charge in [-0.15, -0.1) is 5.10 Å². The molecule has 0 atom stereocenters. The van der Waals surface area contributed by atoms with E-state index in [0.29, 0.717) is 37.4 Å². The van der Waals surface area contributed by atoms with Crippen molar-refractivity contribution in [3.8, 4) is 16.9 Å². The number of nitrogens with zero attached hydrogens (tertiary/aromatic N) is 7. The van der Waals surface area contributed by atoms with Gasteiger partial charge in [-0.3, -0.25) is 19.3 Å². The van der Waals surface area contributed by atoms with E-state index in [1.54, 1.807) is 24.6 Å². The minimum atomic E-state index is -4.66. The third-order valence-corrected chi connectivity index (χ3v) is 8.98. The summed E-state index contributed by atoms with van der Waals surface area (Å²) in [4.78, 5) is 30.0. The van der Waals surface area contributed by atoms with Gasteiger partial charge in [-0.25, -0.2) is 4.68 Å². The number of aromatic nitrogens is 7. The van der Waals surface area contributed by atoms with E-state index in [1.165, 1.54) is 35.1 Å². The fourth-order valence-corrected chi connectivity index (χ4v) is 6.42. The highest BCUT2D eigenvalue weighted by atomic mass is 19.4. The summed E-state index contributed by atoms with van der Waals surface area (Å²) in [6.07, 6.45) is -0.907. The topological polar surface area (TPSA) is 125 Å². The van der Waals surface area contributed by atoms with Crippen LogP contribution in [0.2, 0.25) is 0 Å². The minimum Gasteiger partial charge on any atom is -0.351 e. The number of carbonyl (C=O) groups excluding carboxylic acids is 2. The first-order chi connectivity index (χ1) is 26.0. The largest absolute Gasteiger partial charge is 0.416 e. The van der Waals surface area contributed by atoms with Crippen molar-refractivity contribution in [2.24, 2.45) is 0 Å². The Labute approximate surface area is 308 Å². The van der Waals surface area contributed by atoms with Gasteiger partial charge in [0.05, 0.1) is 29.7 Å². The molecule has 0 fully saturated rings. The van der Waals surface area contributed by atoms with Crippen LogP contribution in [0.3, 0.4) is 0 Å². The number of hydrogen-bond donors (Lipinski definition) is 2. The number of aryl methyl sites for hydroxylation is 3. The third kappa shape index (κ3) is 7.92. The van der Waals surface area contributed by atoms with Crippen molar-refractivity contribution in [3.05, 3.63) is 149 Å². The second-order valence-corrected chi connectivity index (χ2v) is 12.9.